The van der Waals surface area contributed by atoms with Crippen LogP contribution in [0.1, 0.15) is 12.7 Å². The first-order chi connectivity index (χ1) is 8.27. The number of imidazole rings is 1. The number of ether oxygens (including phenoxy) is 1. The van der Waals surface area contributed by atoms with E-state index in [9.17, 15) is 4.79 Å². The summed E-state index contributed by atoms with van der Waals surface area (Å²) in [7, 11) is 0. The van der Waals surface area contributed by atoms with Crippen molar-refractivity contribution < 1.29 is 9.53 Å². The van der Waals surface area contributed by atoms with E-state index in [4.69, 9.17) is 4.74 Å². The molecule has 1 fully saturated rings. The van der Waals surface area contributed by atoms with Crippen molar-refractivity contribution in [2.75, 3.05) is 19.7 Å². The predicted octanol–water partition coefficient (Wildman–Crippen LogP) is 0.289. The number of amides is 1. The topological polar surface area (TPSA) is 79.0 Å². The van der Waals surface area contributed by atoms with E-state index in [0.29, 0.717) is 19.6 Å². The highest BCUT2D eigenvalue weighted by Crippen LogP contribution is 2.03. The summed E-state index contributed by atoms with van der Waals surface area (Å²) in [5, 5.41) is 6.03. The van der Waals surface area contributed by atoms with Gasteiger partial charge in [-0.3, -0.25) is 4.79 Å². The van der Waals surface area contributed by atoms with Gasteiger partial charge in [0.25, 0.3) is 0 Å². The molecule has 0 aromatic carbocycles. The Morgan fingerprint density at radius 3 is 3.00 bits per heavy atom. The maximum absolute atomic E-state index is 11.9. The van der Waals surface area contributed by atoms with Crippen LogP contribution in [0.4, 0.5) is 0 Å². The summed E-state index contributed by atoms with van der Waals surface area (Å²) in [4.78, 5) is 18.9. The Morgan fingerprint density at radius 1 is 1.58 bits per heavy atom. The monoisotopic (exact) mass is 310 g/mol. The Kier molecular flexibility index (Phi) is 8.75. The van der Waals surface area contributed by atoms with Crippen molar-refractivity contribution in [3.63, 3.8) is 0 Å². The smallest absolute Gasteiger partial charge is 0.239 e. The normalized spacial score (nSPS) is 21.9. The molecule has 110 valence electrons. The largest absolute Gasteiger partial charge is 0.375 e. The molecule has 2 rings (SSSR count). The van der Waals surface area contributed by atoms with Gasteiger partial charge in [0.05, 0.1) is 12.7 Å². The second-order valence-electron chi connectivity index (χ2n) is 4.08. The summed E-state index contributed by atoms with van der Waals surface area (Å²) < 4.78 is 5.42. The number of carbonyl (C=O) groups excluding carboxylic acids is 1. The summed E-state index contributed by atoms with van der Waals surface area (Å²) >= 11 is 0. The molecule has 2 heterocycles. The fourth-order valence-corrected chi connectivity index (χ4v) is 1.88. The van der Waals surface area contributed by atoms with Gasteiger partial charge in [0.15, 0.2) is 0 Å². The fourth-order valence-electron chi connectivity index (χ4n) is 1.88. The molecule has 0 aliphatic carbocycles. The summed E-state index contributed by atoms with van der Waals surface area (Å²) in [6.45, 7) is 3.87. The zero-order valence-corrected chi connectivity index (χ0v) is 12.4. The first kappa shape index (κ1) is 18.2. The molecule has 0 unspecified atom stereocenters. The number of rotatable bonds is 4. The number of carbonyl (C=O) groups is 1. The molecule has 0 spiro atoms. The second kappa shape index (κ2) is 9.14. The van der Waals surface area contributed by atoms with E-state index in [1.807, 2.05) is 6.92 Å². The lowest BCUT2D eigenvalue weighted by Crippen LogP contribution is -2.55. The van der Waals surface area contributed by atoms with Crippen LogP contribution < -0.4 is 10.6 Å². The standard InChI is InChI=1S/C11H18N4O2.2ClH/c1-8-10(14-6-7-17-8)11(16)15-3-2-9-12-4-5-13-9;;/h4-5,8,10,14H,2-3,6-7H2,1H3,(H,12,13)(H,15,16);2*1H/t8-,10+;;/m1../s1. The Bertz CT molecular complexity index is 362. The van der Waals surface area contributed by atoms with E-state index in [0.717, 1.165) is 12.4 Å². The van der Waals surface area contributed by atoms with Gasteiger partial charge in [0.2, 0.25) is 5.91 Å². The molecule has 2 atom stereocenters. The minimum Gasteiger partial charge on any atom is -0.375 e. The number of hydrogen-bond acceptors (Lipinski definition) is 4. The Balaban J connectivity index is 0.00000162. The number of aromatic nitrogens is 2. The molecule has 0 bridgehead atoms. The lowest BCUT2D eigenvalue weighted by Gasteiger charge is -2.29. The maximum Gasteiger partial charge on any atom is 0.239 e. The van der Waals surface area contributed by atoms with Crippen LogP contribution in [-0.2, 0) is 16.0 Å². The molecule has 1 aliphatic heterocycles. The van der Waals surface area contributed by atoms with Crippen LogP contribution in [-0.4, -0.2) is 47.7 Å². The van der Waals surface area contributed by atoms with Crippen LogP contribution in [0, 0.1) is 0 Å². The molecule has 1 aromatic heterocycles. The van der Waals surface area contributed by atoms with Crippen LogP contribution in [0.5, 0.6) is 0 Å². The lowest BCUT2D eigenvalue weighted by atomic mass is 10.1. The molecule has 6 nitrogen and oxygen atoms in total. The predicted molar refractivity (Wildman–Crippen MR) is 77.0 cm³/mol. The number of aromatic amines is 1. The van der Waals surface area contributed by atoms with Gasteiger partial charge in [-0.2, -0.15) is 0 Å². The van der Waals surface area contributed by atoms with E-state index in [-0.39, 0.29) is 42.9 Å². The van der Waals surface area contributed by atoms with E-state index in [2.05, 4.69) is 20.6 Å². The summed E-state index contributed by atoms with van der Waals surface area (Å²) in [5.41, 5.74) is 0. The minimum absolute atomic E-state index is 0. The summed E-state index contributed by atoms with van der Waals surface area (Å²) in [5.74, 6) is 0.870. The van der Waals surface area contributed by atoms with Crippen LogP contribution >= 0.6 is 24.8 Å². The average molecular weight is 311 g/mol. The molecular weight excluding hydrogens is 291 g/mol. The minimum atomic E-state index is -0.250. The van der Waals surface area contributed by atoms with Crippen LogP contribution in [0.2, 0.25) is 0 Å². The summed E-state index contributed by atoms with van der Waals surface area (Å²) in [6.07, 6.45) is 4.11. The van der Waals surface area contributed by atoms with Crippen molar-refractivity contribution >= 4 is 30.7 Å². The quantitative estimate of drug-likeness (QED) is 0.747. The Morgan fingerprint density at radius 2 is 2.37 bits per heavy atom. The molecule has 1 aromatic rings. The Hall–Kier alpha value is -0.820. The molecule has 8 heteroatoms. The van der Waals surface area contributed by atoms with Crippen LogP contribution in [0.3, 0.4) is 0 Å². The van der Waals surface area contributed by atoms with Crippen LogP contribution in [0.25, 0.3) is 0 Å². The van der Waals surface area contributed by atoms with Gasteiger partial charge in [-0.05, 0) is 6.92 Å². The lowest BCUT2D eigenvalue weighted by molar-refractivity contribution is -0.128. The number of nitrogens with one attached hydrogen (secondary N) is 3. The van der Waals surface area contributed by atoms with Gasteiger partial charge in [0, 0.05) is 31.9 Å². The maximum atomic E-state index is 11.9. The zero-order chi connectivity index (χ0) is 12.1. The molecule has 0 radical (unpaired) electrons. The van der Waals surface area contributed by atoms with E-state index in [1.54, 1.807) is 12.4 Å². The fraction of sp³-hybridized carbons (Fsp3) is 0.636. The van der Waals surface area contributed by atoms with Crippen molar-refractivity contribution in [1.82, 2.24) is 20.6 Å². The molecule has 19 heavy (non-hydrogen) atoms. The van der Waals surface area contributed by atoms with E-state index in [1.165, 1.54) is 0 Å². The van der Waals surface area contributed by atoms with Crippen molar-refractivity contribution in [2.24, 2.45) is 0 Å². The van der Waals surface area contributed by atoms with Gasteiger partial charge in [-0.1, -0.05) is 0 Å². The third kappa shape index (κ3) is 5.36. The van der Waals surface area contributed by atoms with Gasteiger partial charge in [0.1, 0.15) is 11.9 Å². The molecule has 1 amide bonds. The van der Waals surface area contributed by atoms with Crippen molar-refractivity contribution in [3.8, 4) is 0 Å². The van der Waals surface area contributed by atoms with Gasteiger partial charge < -0.3 is 20.4 Å². The molecule has 0 saturated carbocycles. The first-order valence-corrected chi connectivity index (χ1v) is 5.88. The number of halogens is 2. The molecule has 3 N–H and O–H groups in total. The highest BCUT2D eigenvalue weighted by molar-refractivity contribution is 5.85. The molecular formula is C11H20Cl2N4O2. The third-order valence-electron chi connectivity index (χ3n) is 2.81. The van der Waals surface area contributed by atoms with Crippen molar-refractivity contribution in [3.05, 3.63) is 18.2 Å². The van der Waals surface area contributed by atoms with Gasteiger partial charge in [-0.25, -0.2) is 4.98 Å². The summed E-state index contributed by atoms with van der Waals surface area (Å²) in [6, 6.07) is -0.250. The second-order valence-corrected chi connectivity index (χ2v) is 4.08. The molecule has 1 saturated heterocycles. The SMILES string of the molecule is C[C@H]1OCCN[C@@H]1C(=O)NCCc1ncc[nH]1.Cl.Cl. The highest BCUT2D eigenvalue weighted by Gasteiger charge is 2.27. The molecule has 1 aliphatic rings. The van der Waals surface area contributed by atoms with Crippen molar-refractivity contribution in [2.45, 2.75) is 25.5 Å². The number of hydrogen-bond donors (Lipinski definition) is 3. The van der Waals surface area contributed by atoms with Gasteiger partial charge >= 0.3 is 0 Å². The average Bonchev–Trinajstić information content (AvgIpc) is 2.82. The van der Waals surface area contributed by atoms with E-state index < -0.39 is 0 Å². The Labute approximate surface area is 124 Å². The number of morpholine rings is 1. The third-order valence-corrected chi connectivity index (χ3v) is 2.81. The van der Waals surface area contributed by atoms with E-state index >= 15 is 0 Å². The first-order valence-electron chi connectivity index (χ1n) is 5.88. The highest BCUT2D eigenvalue weighted by atomic mass is 35.5. The number of nitrogens with zero attached hydrogens (tertiary/aromatic N) is 1. The van der Waals surface area contributed by atoms with Crippen LogP contribution in [0.15, 0.2) is 12.4 Å². The van der Waals surface area contributed by atoms with Gasteiger partial charge in [-0.15, -0.1) is 24.8 Å². The number of H-pyrrole nitrogens is 1. The zero-order valence-electron chi connectivity index (χ0n) is 10.7. The van der Waals surface area contributed by atoms with Crippen molar-refractivity contribution in [1.29, 1.82) is 0 Å².